The Morgan fingerprint density at radius 1 is 1.07 bits per heavy atom. The van der Waals surface area contributed by atoms with E-state index >= 15 is 0 Å². The summed E-state index contributed by atoms with van der Waals surface area (Å²) in [4.78, 5) is 15.8. The van der Waals surface area contributed by atoms with Crippen LogP contribution in [0.4, 0.5) is 4.39 Å². The number of hydrogen-bond donors (Lipinski definition) is 1. The molecule has 27 heavy (non-hydrogen) atoms. The molecular weight excluding hydrogens is 371 g/mol. The van der Waals surface area contributed by atoms with Crippen LogP contribution < -0.4 is 10.3 Å². The van der Waals surface area contributed by atoms with Gasteiger partial charge in [0, 0.05) is 37.1 Å². The zero-order valence-electron chi connectivity index (χ0n) is 14.2. The molecule has 0 bridgehead atoms. The molecule has 7 nitrogen and oxygen atoms in total. The van der Waals surface area contributed by atoms with Gasteiger partial charge in [-0.15, -0.1) is 0 Å². The zero-order chi connectivity index (χ0) is 19.3. The molecule has 0 atom stereocenters. The second-order valence-corrected chi connectivity index (χ2v) is 7.49. The van der Waals surface area contributed by atoms with Gasteiger partial charge < -0.3 is 0 Å². The predicted octanol–water partition coefficient (Wildman–Crippen LogP) is 1.81. The van der Waals surface area contributed by atoms with Gasteiger partial charge in [-0.1, -0.05) is 0 Å². The summed E-state index contributed by atoms with van der Waals surface area (Å²) in [5, 5.41) is 4.26. The molecule has 1 N–H and O–H groups in total. The van der Waals surface area contributed by atoms with E-state index in [4.69, 9.17) is 0 Å². The summed E-state index contributed by atoms with van der Waals surface area (Å²) in [6, 6.07) is 11.7. The molecule has 9 heteroatoms. The Bertz CT molecular complexity index is 1070. The van der Waals surface area contributed by atoms with Gasteiger partial charge in [-0.2, -0.15) is 5.10 Å². The number of sulfonamides is 1. The fourth-order valence-corrected chi connectivity index (χ4v) is 3.45. The van der Waals surface area contributed by atoms with E-state index in [1.54, 1.807) is 24.3 Å². The Hall–Kier alpha value is -2.91. The molecular formula is C18H17FN4O3S. The molecule has 3 rings (SSSR count). The molecule has 0 saturated heterocycles. The van der Waals surface area contributed by atoms with Crippen molar-refractivity contribution in [2.75, 3.05) is 6.54 Å². The van der Waals surface area contributed by atoms with Crippen LogP contribution in [0.1, 0.15) is 6.42 Å². The van der Waals surface area contributed by atoms with Gasteiger partial charge in [0.15, 0.2) is 0 Å². The summed E-state index contributed by atoms with van der Waals surface area (Å²) < 4.78 is 41.0. The minimum Gasteiger partial charge on any atom is -0.268 e. The third-order valence-electron chi connectivity index (χ3n) is 3.79. The van der Waals surface area contributed by atoms with Gasteiger partial charge >= 0.3 is 0 Å². The van der Waals surface area contributed by atoms with Crippen molar-refractivity contribution >= 4 is 10.0 Å². The van der Waals surface area contributed by atoms with Crippen LogP contribution in [0.25, 0.3) is 11.3 Å². The molecule has 0 amide bonds. The first kappa shape index (κ1) is 18.9. The Balaban J connectivity index is 1.64. The van der Waals surface area contributed by atoms with Crippen molar-refractivity contribution in [3.63, 3.8) is 0 Å². The molecule has 1 aromatic carbocycles. The van der Waals surface area contributed by atoms with Gasteiger partial charge in [0.25, 0.3) is 5.56 Å². The molecule has 0 aliphatic heterocycles. The molecule has 0 fully saturated rings. The monoisotopic (exact) mass is 388 g/mol. The van der Waals surface area contributed by atoms with Crippen LogP contribution in [0.3, 0.4) is 0 Å². The highest BCUT2D eigenvalue weighted by Gasteiger charge is 2.13. The quantitative estimate of drug-likeness (QED) is 0.623. The maximum absolute atomic E-state index is 13.0. The van der Waals surface area contributed by atoms with Crippen LogP contribution in [-0.2, 0) is 16.6 Å². The standard InChI is InChI=1S/C18H17FN4O3S/c19-15-6-4-14(5-7-15)17-8-9-18(24)23(22-17)12-2-11-21-27(25,26)16-3-1-10-20-13-16/h1,3-10,13,21H,2,11-12H2. The lowest BCUT2D eigenvalue weighted by Crippen LogP contribution is -2.28. The number of nitrogens with zero attached hydrogens (tertiary/aromatic N) is 3. The Labute approximate surface area is 155 Å². The summed E-state index contributed by atoms with van der Waals surface area (Å²) in [6.45, 7) is 0.384. The van der Waals surface area contributed by atoms with E-state index < -0.39 is 10.0 Å². The van der Waals surface area contributed by atoms with Crippen molar-refractivity contribution in [1.82, 2.24) is 19.5 Å². The number of halogens is 1. The minimum absolute atomic E-state index is 0.0820. The number of nitrogens with one attached hydrogen (secondary N) is 1. The lowest BCUT2D eigenvalue weighted by atomic mass is 10.1. The van der Waals surface area contributed by atoms with Crippen molar-refractivity contribution in [3.8, 4) is 11.3 Å². The lowest BCUT2D eigenvalue weighted by Gasteiger charge is -2.09. The van der Waals surface area contributed by atoms with Gasteiger partial charge in [0.2, 0.25) is 10.0 Å². The van der Waals surface area contributed by atoms with E-state index in [-0.39, 0.29) is 29.4 Å². The van der Waals surface area contributed by atoms with E-state index in [9.17, 15) is 17.6 Å². The first-order chi connectivity index (χ1) is 13.0. The SMILES string of the molecule is O=c1ccc(-c2ccc(F)cc2)nn1CCCNS(=O)(=O)c1cccnc1. The van der Waals surface area contributed by atoms with Crippen molar-refractivity contribution in [3.05, 3.63) is 77.1 Å². The van der Waals surface area contributed by atoms with Crippen molar-refractivity contribution in [2.45, 2.75) is 17.9 Å². The van der Waals surface area contributed by atoms with Gasteiger partial charge in [-0.05, 0) is 48.9 Å². The Kier molecular flexibility index (Phi) is 5.72. The highest BCUT2D eigenvalue weighted by molar-refractivity contribution is 7.89. The fraction of sp³-hybridized carbons (Fsp3) is 0.167. The first-order valence-electron chi connectivity index (χ1n) is 8.19. The van der Waals surface area contributed by atoms with Gasteiger partial charge in [-0.25, -0.2) is 22.2 Å². The molecule has 0 saturated carbocycles. The molecule has 140 valence electrons. The smallest absolute Gasteiger partial charge is 0.266 e. The number of hydrogen-bond acceptors (Lipinski definition) is 5. The normalized spacial score (nSPS) is 11.4. The molecule has 0 spiro atoms. The maximum atomic E-state index is 13.0. The second-order valence-electron chi connectivity index (χ2n) is 5.73. The minimum atomic E-state index is -3.64. The summed E-state index contributed by atoms with van der Waals surface area (Å²) in [7, 11) is -3.64. The molecule has 3 aromatic rings. The third-order valence-corrected chi connectivity index (χ3v) is 5.24. The van der Waals surface area contributed by atoms with Crippen molar-refractivity contribution in [1.29, 1.82) is 0 Å². The summed E-state index contributed by atoms with van der Waals surface area (Å²) in [5.74, 6) is -0.354. The number of aryl methyl sites for hydroxylation is 1. The average molecular weight is 388 g/mol. The molecule has 0 aliphatic carbocycles. The van der Waals surface area contributed by atoms with Crippen LogP contribution in [0.15, 0.2) is 70.6 Å². The molecule has 2 aromatic heterocycles. The van der Waals surface area contributed by atoms with Crippen LogP contribution in [-0.4, -0.2) is 29.7 Å². The number of pyridine rings is 1. The van der Waals surface area contributed by atoms with Crippen LogP contribution in [0, 0.1) is 5.82 Å². The van der Waals surface area contributed by atoms with Crippen LogP contribution >= 0.6 is 0 Å². The van der Waals surface area contributed by atoms with E-state index in [1.807, 2.05) is 0 Å². The summed E-state index contributed by atoms with van der Waals surface area (Å²) >= 11 is 0. The number of aromatic nitrogens is 3. The second kappa shape index (κ2) is 8.19. The van der Waals surface area contributed by atoms with E-state index in [0.29, 0.717) is 17.7 Å². The van der Waals surface area contributed by atoms with Crippen molar-refractivity contribution < 1.29 is 12.8 Å². The molecule has 0 radical (unpaired) electrons. The van der Waals surface area contributed by atoms with Gasteiger partial charge in [0.1, 0.15) is 10.7 Å². The molecule has 0 aliphatic rings. The Morgan fingerprint density at radius 3 is 2.56 bits per heavy atom. The molecule has 0 unspecified atom stereocenters. The maximum Gasteiger partial charge on any atom is 0.266 e. The van der Waals surface area contributed by atoms with Gasteiger partial charge in [-0.3, -0.25) is 9.78 Å². The zero-order valence-corrected chi connectivity index (χ0v) is 15.1. The van der Waals surface area contributed by atoms with E-state index in [1.165, 1.54) is 41.3 Å². The number of rotatable bonds is 7. The summed E-state index contributed by atoms with van der Waals surface area (Å²) in [6.07, 6.45) is 3.13. The highest BCUT2D eigenvalue weighted by atomic mass is 32.2. The van der Waals surface area contributed by atoms with Crippen LogP contribution in [0.5, 0.6) is 0 Å². The topological polar surface area (TPSA) is 94.0 Å². The highest BCUT2D eigenvalue weighted by Crippen LogP contribution is 2.15. The predicted molar refractivity (Wildman–Crippen MR) is 97.9 cm³/mol. The summed E-state index contributed by atoms with van der Waals surface area (Å²) in [5.41, 5.74) is 0.920. The van der Waals surface area contributed by atoms with E-state index in [0.717, 1.165) is 0 Å². The molecule has 2 heterocycles. The lowest BCUT2D eigenvalue weighted by molar-refractivity contribution is 0.536. The van der Waals surface area contributed by atoms with Gasteiger partial charge in [0.05, 0.1) is 5.69 Å². The third kappa shape index (κ3) is 4.83. The Morgan fingerprint density at radius 2 is 1.85 bits per heavy atom. The average Bonchev–Trinajstić information content (AvgIpc) is 2.68. The van der Waals surface area contributed by atoms with Crippen molar-refractivity contribution in [2.24, 2.45) is 0 Å². The first-order valence-corrected chi connectivity index (χ1v) is 9.68. The number of benzene rings is 1. The van der Waals surface area contributed by atoms with Crippen LogP contribution in [0.2, 0.25) is 0 Å². The fourth-order valence-electron chi connectivity index (χ4n) is 2.41. The largest absolute Gasteiger partial charge is 0.268 e. The van der Waals surface area contributed by atoms with E-state index in [2.05, 4.69) is 14.8 Å².